The van der Waals surface area contributed by atoms with Gasteiger partial charge in [-0.3, -0.25) is 20.4 Å². The highest BCUT2D eigenvalue weighted by Gasteiger charge is 2.28. The third-order valence-corrected chi connectivity index (χ3v) is 8.52. The number of nitrogens with zero attached hydrogens (tertiary/aromatic N) is 5. The van der Waals surface area contributed by atoms with E-state index in [-0.39, 0.29) is 18.7 Å². The average Bonchev–Trinajstić information content (AvgIpc) is 3.59. The lowest BCUT2D eigenvalue weighted by Crippen LogP contribution is -2.42. The smallest absolute Gasteiger partial charge is 0.410 e. The molecule has 1 saturated carbocycles. The van der Waals surface area contributed by atoms with Crippen LogP contribution in [0.2, 0.25) is 5.02 Å². The van der Waals surface area contributed by atoms with Crippen LogP contribution in [0.1, 0.15) is 87.1 Å². The molecule has 1 unspecified atom stereocenters. The lowest BCUT2D eigenvalue weighted by atomic mass is 9.85. The van der Waals surface area contributed by atoms with Gasteiger partial charge in [0, 0.05) is 36.0 Å². The molecule has 46 heavy (non-hydrogen) atoms. The van der Waals surface area contributed by atoms with E-state index in [4.69, 9.17) is 21.1 Å². The van der Waals surface area contributed by atoms with Gasteiger partial charge in [-0.05, 0) is 82.6 Å². The number of carbonyl (C=O) groups is 3. The minimum absolute atomic E-state index is 0.0507. The van der Waals surface area contributed by atoms with E-state index in [9.17, 15) is 14.4 Å². The topological polar surface area (TPSA) is 132 Å². The summed E-state index contributed by atoms with van der Waals surface area (Å²) in [5.74, 6) is -0.451. The summed E-state index contributed by atoms with van der Waals surface area (Å²) in [6.07, 6.45) is 11.0. The summed E-state index contributed by atoms with van der Waals surface area (Å²) in [7, 11) is 0. The number of imidazole rings is 1. The van der Waals surface area contributed by atoms with Gasteiger partial charge < -0.3 is 18.8 Å². The van der Waals surface area contributed by atoms with Gasteiger partial charge in [-0.2, -0.15) is 5.10 Å². The Labute approximate surface area is 272 Å². The number of fused-ring (bicyclic) bond motifs is 2. The molecular weight excluding hydrogens is 610 g/mol. The zero-order valence-electron chi connectivity index (χ0n) is 26.4. The van der Waals surface area contributed by atoms with E-state index in [0.717, 1.165) is 37.7 Å². The van der Waals surface area contributed by atoms with E-state index < -0.39 is 17.4 Å². The Balaban J connectivity index is 1.09. The number of hydrogen-bond donors (Lipinski definition) is 2. The zero-order valence-corrected chi connectivity index (χ0v) is 27.2. The van der Waals surface area contributed by atoms with Crippen molar-refractivity contribution in [2.75, 3.05) is 13.2 Å². The van der Waals surface area contributed by atoms with Crippen molar-refractivity contribution in [2.45, 2.75) is 84.1 Å². The van der Waals surface area contributed by atoms with Crippen molar-refractivity contribution in [3.05, 3.63) is 64.7 Å². The largest absolute Gasteiger partial charge is 0.444 e. The van der Waals surface area contributed by atoms with E-state index in [1.54, 1.807) is 34.1 Å². The highest BCUT2D eigenvalue weighted by molar-refractivity contribution is 6.32. The molecule has 1 aliphatic carbocycles. The van der Waals surface area contributed by atoms with Crippen LogP contribution in [0.15, 0.2) is 42.9 Å². The molecule has 12 nitrogen and oxygen atoms in total. The van der Waals surface area contributed by atoms with Crippen molar-refractivity contribution < 1.29 is 23.9 Å². The Hall–Kier alpha value is -4.16. The van der Waals surface area contributed by atoms with Crippen molar-refractivity contribution in [1.29, 1.82) is 0 Å². The molecule has 13 heteroatoms. The normalized spacial score (nSPS) is 17.1. The number of amides is 3. The summed E-state index contributed by atoms with van der Waals surface area (Å²) in [5, 5.41) is 5.46. The number of benzene rings is 1. The minimum Gasteiger partial charge on any atom is -0.444 e. The third-order valence-electron chi connectivity index (χ3n) is 8.30. The number of nitrogens with one attached hydrogen (secondary N) is 2. The van der Waals surface area contributed by atoms with Gasteiger partial charge in [0.25, 0.3) is 5.91 Å². The van der Waals surface area contributed by atoms with Crippen molar-refractivity contribution in [3.63, 3.8) is 0 Å². The summed E-state index contributed by atoms with van der Waals surface area (Å²) in [6, 6.07) is 7.10. The number of aromatic nitrogens is 4. The molecular formula is C33H40ClN7O5. The van der Waals surface area contributed by atoms with Crippen molar-refractivity contribution in [1.82, 2.24) is 34.9 Å². The van der Waals surface area contributed by atoms with Gasteiger partial charge in [-0.15, -0.1) is 0 Å². The maximum absolute atomic E-state index is 13.1. The fourth-order valence-corrected chi connectivity index (χ4v) is 6.07. The highest BCUT2D eigenvalue weighted by Crippen LogP contribution is 2.30. The van der Waals surface area contributed by atoms with Crippen LogP contribution < -0.4 is 10.9 Å². The monoisotopic (exact) mass is 649 g/mol. The number of rotatable bonds is 8. The molecule has 2 fully saturated rings. The fraction of sp³-hybridized carbons (Fsp3) is 0.485. The second-order valence-corrected chi connectivity index (χ2v) is 13.6. The first-order valence-electron chi connectivity index (χ1n) is 15.8. The highest BCUT2D eigenvalue weighted by atomic mass is 35.5. The molecule has 0 spiro atoms. The molecule has 0 bridgehead atoms. The molecule has 1 saturated heterocycles. The van der Waals surface area contributed by atoms with Crippen LogP contribution in [0.4, 0.5) is 4.79 Å². The Morgan fingerprint density at radius 3 is 2.63 bits per heavy atom. The zero-order chi connectivity index (χ0) is 32.4. The quantitative estimate of drug-likeness (QED) is 0.238. The maximum atomic E-state index is 13.1. The van der Waals surface area contributed by atoms with Crippen LogP contribution in [-0.4, -0.2) is 60.7 Å². The SMILES string of the molecule is CC(C)(C)OC(=O)N(Cc1ccc2nc(CC(=O)NNC(=O)c3cc(Cl)cc4c3cnn4C3CCCCO3)cn2c1)CC1CCC1. The Morgan fingerprint density at radius 2 is 1.91 bits per heavy atom. The van der Waals surface area contributed by atoms with Gasteiger partial charge in [0.15, 0.2) is 6.23 Å². The predicted octanol–water partition coefficient (Wildman–Crippen LogP) is 5.58. The van der Waals surface area contributed by atoms with E-state index in [1.165, 1.54) is 6.42 Å². The number of carbonyl (C=O) groups excluding carboxylic acids is 3. The molecule has 4 heterocycles. The van der Waals surface area contributed by atoms with Gasteiger partial charge in [0.05, 0.1) is 35.9 Å². The molecule has 4 aromatic rings. The maximum Gasteiger partial charge on any atom is 0.410 e. The number of hydrazine groups is 1. The number of hydrogen-bond acceptors (Lipinski definition) is 7. The van der Waals surface area contributed by atoms with Crippen LogP contribution >= 0.6 is 11.6 Å². The Bertz CT molecular complexity index is 1750. The van der Waals surface area contributed by atoms with Gasteiger partial charge in [-0.25, -0.2) is 14.5 Å². The summed E-state index contributed by atoms with van der Waals surface area (Å²) >= 11 is 6.37. The van der Waals surface area contributed by atoms with Gasteiger partial charge in [0.1, 0.15) is 11.2 Å². The third kappa shape index (κ3) is 7.45. The summed E-state index contributed by atoms with van der Waals surface area (Å²) < 4.78 is 15.1. The summed E-state index contributed by atoms with van der Waals surface area (Å²) in [4.78, 5) is 45.2. The first-order valence-corrected chi connectivity index (χ1v) is 16.2. The average molecular weight is 650 g/mol. The van der Waals surface area contributed by atoms with Crippen LogP contribution in [0, 0.1) is 5.92 Å². The van der Waals surface area contributed by atoms with Gasteiger partial charge in [0.2, 0.25) is 5.91 Å². The van der Waals surface area contributed by atoms with E-state index >= 15 is 0 Å². The standard InChI is InChI=1S/C33H40ClN7O5/c1-33(2,3)46-32(44)40(17-21-7-6-8-21)19-22-10-11-28-36-24(20-39(28)18-22)15-29(42)37-38-31(43)25-13-23(34)14-27-26(25)16-35-41(27)30-9-4-5-12-45-30/h10-11,13-14,16,18,20-21,30H,4-9,12,15,17,19H2,1-3H3,(H,37,42)(H,38,43). The van der Waals surface area contributed by atoms with Crippen LogP contribution in [0.5, 0.6) is 0 Å². The molecule has 1 aliphatic heterocycles. The molecule has 244 valence electrons. The summed E-state index contributed by atoms with van der Waals surface area (Å²) in [5.41, 5.74) is 7.50. The molecule has 1 atom stereocenters. The van der Waals surface area contributed by atoms with Crippen molar-refractivity contribution in [3.8, 4) is 0 Å². The Morgan fingerprint density at radius 1 is 1.09 bits per heavy atom. The van der Waals surface area contributed by atoms with Crippen LogP contribution in [0.25, 0.3) is 16.6 Å². The van der Waals surface area contributed by atoms with E-state index in [0.29, 0.717) is 58.4 Å². The van der Waals surface area contributed by atoms with Crippen molar-refractivity contribution >= 4 is 46.1 Å². The first kappa shape index (κ1) is 31.8. The molecule has 2 aliphatic rings. The lowest BCUT2D eigenvalue weighted by Gasteiger charge is -2.33. The summed E-state index contributed by atoms with van der Waals surface area (Å²) in [6.45, 7) is 7.33. The molecule has 1 aromatic carbocycles. The fourth-order valence-electron chi connectivity index (χ4n) is 5.85. The number of pyridine rings is 1. The van der Waals surface area contributed by atoms with Crippen LogP contribution in [-0.2, 0) is 27.2 Å². The molecule has 3 amide bonds. The molecule has 6 rings (SSSR count). The molecule has 2 N–H and O–H groups in total. The number of ether oxygens (including phenoxy) is 2. The lowest BCUT2D eigenvalue weighted by molar-refractivity contribution is -0.121. The Kier molecular flexibility index (Phi) is 9.19. The second-order valence-electron chi connectivity index (χ2n) is 13.2. The number of halogens is 1. The van der Waals surface area contributed by atoms with Crippen LogP contribution in [0.3, 0.4) is 0 Å². The van der Waals surface area contributed by atoms with Gasteiger partial charge >= 0.3 is 6.09 Å². The van der Waals surface area contributed by atoms with E-state index in [1.807, 2.05) is 43.5 Å². The first-order chi connectivity index (χ1) is 22.0. The van der Waals surface area contributed by atoms with Crippen molar-refractivity contribution in [2.24, 2.45) is 5.92 Å². The minimum atomic E-state index is -0.578. The second kappa shape index (κ2) is 13.3. The predicted molar refractivity (Wildman–Crippen MR) is 172 cm³/mol. The van der Waals surface area contributed by atoms with E-state index in [2.05, 4.69) is 20.9 Å². The molecule has 3 aromatic heterocycles. The van der Waals surface area contributed by atoms with Gasteiger partial charge in [-0.1, -0.05) is 24.1 Å². The molecule has 0 radical (unpaired) electrons.